The molecular formula is C17H16BrN5O. The van der Waals surface area contributed by atoms with Gasteiger partial charge in [-0.1, -0.05) is 45.3 Å². The van der Waals surface area contributed by atoms with Gasteiger partial charge in [-0.05, 0) is 52.2 Å². The average Bonchev–Trinajstić information content (AvgIpc) is 3.09. The van der Waals surface area contributed by atoms with Gasteiger partial charge in [-0.2, -0.15) is 0 Å². The number of hydrogen-bond donors (Lipinski definition) is 1. The van der Waals surface area contributed by atoms with E-state index in [0.29, 0.717) is 5.95 Å². The molecule has 1 N–H and O–H groups in total. The molecule has 0 amide bonds. The van der Waals surface area contributed by atoms with E-state index in [4.69, 9.17) is 4.74 Å². The van der Waals surface area contributed by atoms with Gasteiger partial charge in [-0.25, -0.2) is 4.68 Å². The Morgan fingerprint density at radius 3 is 2.75 bits per heavy atom. The predicted octanol–water partition coefficient (Wildman–Crippen LogP) is 3.59. The highest BCUT2D eigenvalue weighted by atomic mass is 79.9. The smallest absolute Gasteiger partial charge is 0.243 e. The average molecular weight is 386 g/mol. The van der Waals surface area contributed by atoms with Crippen LogP contribution in [-0.2, 0) is 0 Å². The lowest BCUT2D eigenvalue weighted by atomic mass is 9.93. The Morgan fingerprint density at radius 2 is 2.00 bits per heavy atom. The van der Waals surface area contributed by atoms with Gasteiger partial charge in [0.2, 0.25) is 5.95 Å². The Kier molecular flexibility index (Phi) is 3.93. The Labute approximate surface area is 148 Å². The number of benzene rings is 2. The van der Waals surface area contributed by atoms with Crippen LogP contribution in [0.2, 0.25) is 0 Å². The lowest BCUT2D eigenvalue weighted by Crippen LogP contribution is -2.28. The van der Waals surface area contributed by atoms with E-state index in [9.17, 15) is 0 Å². The molecule has 0 radical (unpaired) electrons. The quantitative estimate of drug-likeness (QED) is 0.745. The molecule has 4 rings (SSSR count). The maximum Gasteiger partial charge on any atom is 0.243 e. The van der Waals surface area contributed by atoms with Crippen LogP contribution in [0.5, 0.6) is 5.75 Å². The first-order valence-electron chi connectivity index (χ1n) is 7.68. The molecule has 0 bridgehead atoms. The molecule has 1 aliphatic rings. The van der Waals surface area contributed by atoms with Crippen LogP contribution in [0.3, 0.4) is 0 Å². The van der Waals surface area contributed by atoms with Crippen molar-refractivity contribution < 1.29 is 4.74 Å². The summed E-state index contributed by atoms with van der Waals surface area (Å²) in [5, 5.41) is 15.5. The number of nitrogens with zero attached hydrogens (tertiary/aromatic N) is 4. The van der Waals surface area contributed by atoms with Crippen LogP contribution in [-0.4, -0.2) is 27.3 Å². The molecule has 0 spiro atoms. The number of tetrazole rings is 1. The normalized spacial score (nSPS) is 19.4. The van der Waals surface area contributed by atoms with Gasteiger partial charge in [0.25, 0.3) is 0 Å². The second kappa shape index (κ2) is 6.24. The van der Waals surface area contributed by atoms with Crippen molar-refractivity contribution in [2.75, 3.05) is 12.4 Å². The van der Waals surface area contributed by atoms with E-state index in [2.05, 4.69) is 61.0 Å². The third kappa shape index (κ3) is 2.75. The highest BCUT2D eigenvalue weighted by Gasteiger charge is 2.30. The molecule has 0 aliphatic carbocycles. The van der Waals surface area contributed by atoms with Crippen molar-refractivity contribution in [3.8, 4) is 5.75 Å². The van der Waals surface area contributed by atoms with Crippen molar-refractivity contribution >= 4 is 21.9 Å². The third-order valence-electron chi connectivity index (χ3n) is 4.30. The lowest BCUT2D eigenvalue weighted by molar-refractivity contribution is 0.410. The van der Waals surface area contributed by atoms with Crippen molar-refractivity contribution in [1.29, 1.82) is 0 Å². The highest BCUT2D eigenvalue weighted by Crippen LogP contribution is 2.37. The van der Waals surface area contributed by atoms with Crippen LogP contribution >= 0.6 is 15.9 Å². The second-order valence-corrected chi connectivity index (χ2v) is 6.64. The highest BCUT2D eigenvalue weighted by molar-refractivity contribution is 9.10. The van der Waals surface area contributed by atoms with Crippen molar-refractivity contribution in [3.63, 3.8) is 0 Å². The van der Waals surface area contributed by atoms with E-state index in [1.54, 1.807) is 7.11 Å². The first-order chi connectivity index (χ1) is 11.7. The van der Waals surface area contributed by atoms with Gasteiger partial charge in [-0.3, -0.25) is 0 Å². The lowest BCUT2D eigenvalue weighted by Gasteiger charge is -2.31. The molecule has 1 aliphatic heterocycles. The first kappa shape index (κ1) is 15.1. The Balaban J connectivity index is 1.70. The van der Waals surface area contributed by atoms with E-state index in [1.807, 2.05) is 28.9 Å². The van der Waals surface area contributed by atoms with Crippen LogP contribution in [0.4, 0.5) is 5.95 Å². The molecule has 2 aromatic carbocycles. The molecule has 6 nitrogen and oxygen atoms in total. The topological polar surface area (TPSA) is 64.9 Å². The summed E-state index contributed by atoms with van der Waals surface area (Å²) in [6, 6.07) is 16.6. The largest absolute Gasteiger partial charge is 0.497 e. The van der Waals surface area contributed by atoms with Crippen LogP contribution in [0.25, 0.3) is 0 Å². The summed E-state index contributed by atoms with van der Waals surface area (Å²) in [6.07, 6.45) is 0.862. The van der Waals surface area contributed by atoms with Gasteiger partial charge in [0.05, 0.1) is 19.2 Å². The van der Waals surface area contributed by atoms with Crippen LogP contribution in [0.1, 0.15) is 29.6 Å². The number of halogens is 1. The van der Waals surface area contributed by atoms with Gasteiger partial charge in [0.15, 0.2) is 0 Å². The summed E-state index contributed by atoms with van der Waals surface area (Å²) in [5.74, 6) is 1.53. The van der Waals surface area contributed by atoms with Gasteiger partial charge < -0.3 is 10.1 Å². The van der Waals surface area contributed by atoms with Gasteiger partial charge in [0, 0.05) is 4.47 Å². The molecule has 2 atom stereocenters. The minimum atomic E-state index is 0.0751. The zero-order valence-corrected chi connectivity index (χ0v) is 14.6. The van der Waals surface area contributed by atoms with Crippen LogP contribution < -0.4 is 10.1 Å². The molecule has 0 fully saturated rings. The van der Waals surface area contributed by atoms with E-state index >= 15 is 0 Å². The monoisotopic (exact) mass is 385 g/mol. The maximum absolute atomic E-state index is 5.25. The van der Waals surface area contributed by atoms with Crippen LogP contribution in [0.15, 0.2) is 53.0 Å². The van der Waals surface area contributed by atoms with E-state index in [0.717, 1.165) is 22.2 Å². The Bertz CT molecular complexity index is 848. The minimum absolute atomic E-state index is 0.0751. The molecule has 7 heteroatoms. The standard InChI is InChI=1S/C17H16BrN5O/c1-24-14-7-5-11(6-8-14)16-10-15(12-3-2-4-13(18)9-12)19-17-20-21-22-23(16)17/h2-9,15-16H,10H2,1H3,(H,19,20,22)/t15-,16+/m1/s1. The summed E-state index contributed by atoms with van der Waals surface area (Å²) in [7, 11) is 1.67. The van der Waals surface area contributed by atoms with Gasteiger partial charge >= 0.3 is 0 Å². The maximum atomic E-state index is 5.25. The molecule has 0 saturated heterocycles. The minimum Gasteiger partial charge on any atom is -0.497 e. The molecule has 3 aromatic rings. The molecule has 122 valence electrons. The predicted molar refractivity (Wildman–Crippen MR) is 94.1 cm³/mol. The van der Waals surface area contributed by atoms with Crippen molar-refractivity contribution in [3.05, 3.63) is 64.1 Å². The second-order valence-electron chi connectivity index (χ2n) is 5.72. The zero-order valence-electron chi connectivity index (χ0n) is 13.1. The number of nitrogens with one attached hydrogen (secondary N) is 1. The van der Waals surface area contributed by atoms with Gasteiger partial charge in [-0.15, -0.1) is 0 Å². The fourth-order valence-corrected chi connectivity index (χ4v) is 3.50. The molecular weight excluding hydrogens is 370 g/mol. The summed E-state index contributed by atoms with van der Waals surface area (Å²) in [6.45, 7) is 0. The summed E-state index contributed by atoms with van der Waals surface area (Å²) in [4.78, 5) is 0. The van der Waals surface area contributed by atoms with Crippen molar-refractivity contribution in [2.45, 2.75) is 18.5 Å². The molecule has 1 aromatic heterocycles. The molecule has 2 heterocycles. The fourth-order valence-electron chi connectivity index (χ4n) is 3.08. The van der Waals surface area contributed by atoms with E-state index in [1.165, 1.54) is 5.56 Å². The third-order valence-corrected chi connectivity index (χ3v) is 4.80. The number of fused-ring (bicyclic) bond motifs is 1. The van der Waals surface area contributed by atoms with E-state index < -0.39 is 0 Å². The number of rotatable bonds is 3. The summed E-state index contributed by atoms with van der Waals surface area (Å²) in [5.41, 5.74) is 2.36. The summed E-state index contributed by atoms with van der Waals surface area (Å²) >= 11 is 3.54. The first-order valence-corrected chi connectivity index (χ1v) is 8.48. The van der Waals surface area contributed by atoms with Crippen LogP contribution in [0, 0.1) is 0 Å². The SMILES string of the molecule is COc1ccc([C@@H]2C[C@H](c3cccc(Br)c3)Nc3nnnn32)cc1. The number of hydrogen-bond acceptors (Lipinski definition) is 5. The molecule has 24 heavy (non-hydrogen) atoms. The fraction of sp³-hybridized carbons (Fsp3) is 0.235. The van der Waals surface area contributed by atoms with Crippen molar-refractivity contribution in [2.24, 2.45) is 0 Å². The molecule has 0 unspecified atom stereocenters. The van der Waals surface area contributed by atoms with Gasteiger partial charge in [0.1, 0.15) is 5.75 Å². The Hall–Kier alpha value is -2.41. The number of aromatic nitrogens is 4. The number of anilines is 1. The zero-order chi connectivity index (χ0) is 16.5. The number of methoxy groups -OCH3 is 1. The Morgan fingerprint density at radius 1 is 1.17 bits per heavy atom. The molecule has 0 saturated carbocycles. The summed E-state index contributed by atoms with van der Waals surface area (Å²) < 4.78 is 8.16. The van der Waals surface area contributed by atoms with Crippen molar-refractivity contribution in [1.82, 2.24) is 20.2 Å². The number of ether oxygens (including phenoxy) is 1. The van der Waals surface area contributed by atoms with E-state index in [-0.39, 0.29) is 12.1 Å².